The molecule has 1 atom stereocenters. The Morgan fingerprint density at radius 3 is 1.45 bits per heavy atom. The summed E-state index contributed by atoms with van der Waals surface area (Å²) in [6.45, 7) is 8.54. The van der Waals surface area contributed by atoms with Crippen molar-refractivity contribution in [2.45, 2.75) is 111 Å². The predicted octanol–water partition coefficient (Wildman–Crippen LogP) is 5.23. The Hall–Kier alpha value is -0.240. The van der Waals surface area contributed by atoms with Gasteiger partial charge in [0.1, 0.15) is 0 Å². The first kappa shape index (κ1) is 30.8. The van der Waals surface area contributed by atoms with E-state index in [1.807, 2.05) is 0 Å². The van der Waals surface area contributed by atoms with Gasteiger partial charge in [0.05, 0.1) is 31.8 Å². The van der Waals surface area contributed by atoms with Crippen LogP contribution in [0.3, 0.4) is 0 Å². The van der Waals surface area contributed by atoms with Crippen LogP contribution >= 0.6 is 0 Å². The molecule has 0 radical (unpaired) electrons. The Morgan fingerprint density at radius 1 is 0.581 bits per heavy atom. The summed E-state index contributed by atoms with van der Waals surface area (Å²) in [5, 5.41) is 29.2. The van der Waals surface area contributed by atoms with Crippen LogP contribution in [0.1, 0.15) is 105 Å². The van der Waals surface area contributed by atoms with E-state index in [2.05, 4.69) is 27.7 Å². The summed E-state index contributed by atoms with van der Waals surface area (Å²) < 4.78 is 5.78. The highest BCUT2D eigenvalue weighted by Gasteiger charge is 2.40. The van der Waals surface area contributed by atoms with Crippen LogP contribution in [0, 0.1) is 17.3 Å². The molecule has 0 saturated carbocycles. The average Bonchev–Trinajstić information content (AvgIpc) is 2.74. The maximum Gasteiger partial charge on any atom is 0.203 e. The third kappa shape index (κ3) is 16.1. The van der Waals surface area contributed by atoms with E-state index in [0.29, 0.717) is 13.2 Å². The maximum atomic E-state index is 9.72. The van der Waals surface area contributed by atoms with Gasteiger partial charge >= 0.3 is 0 Å². The van der Waals surface area contributed by atoms with Gasteiger partial charge in [0.2, 0.25) is 6.29 Å². The topological polar surface area (TPSA) is 88.4 Å². The first-order valence-corrected chi connectivity index (χ1v) is 12.6. The maximum absolute atomic E-state index is 9.72. The molecule has 0 aromatic carbocycles. The van der Waals surface area contributed by atoms with Crippen LogP contribution in [0.15, 0.2) is 0 Å². The lowest BCUT2D eigenvalue weighted by molar-refractivity contribution is -0.410. The quantitative estimate of drug-likeness (QED) is 0.0858. The van der Waals surface area contributed by atoms with E-state index in [9.17, 15) is 15.3 Å². The van der Waals surface area contributed by atoms with Gasteiger partial charge in [0, 0.05) is 6.61 Å². The van der Waals surface area contributed by atoms with E-state index in [0.717, 1.165) is 37.5 Å². The standard InChI is InChI=1S/C25H52O6/c1-22(2)15-11-7-5-9-13-17-29-24(25(19-26,20-27)21-28)31-30-18-14-10-6-8-12-16-23(3)4/h22-24,26-28H,5-21H2,1-4H3. The molecule has 0 rings (SSSR count). The van der Waals surface area contributed by atoms with Crippen LogP contribution in [0.25, 0.3) is 0 Å². The highest BCUT2D eigenvalue weighted by atomic mass is 17.2. The molecule has 31 heavy (non-hydrogen) atoms. The molecule has 1 unspecified atom stereocenters. The number of aliphatic hydroxyl groups excluding tert-OH is 3. The molecule has 6 nitrogen and oxygen atoms in total. The lowest BCUT2D eigenvalue weighted by Gasteiger charge is -2.34. The molecule has 0 heterocycles. The monoisotopic (exact) mass is 448 g/mol. The number of aliphatic hydroxyl groups is 3. The number of ether oxygens (including phenoxy) is 1. The van der Waals surface area contributed by atoms with Gasteiger partial charge in [-0.15, -0.1) is 0 Å². The van der Waals surface area contributed by atoms with Crippen LogP contribution in [0.4, 0.5) is 0 Å². The van der Waals surface area contributed by atoms with Crippen molar-refractivity contribution in [3.63, 3.8) is 0 Å². The molecule has 0 bridgehead atoms. The minimum absolute atomic E-state index is 0.429. The highest BCUT2D eigenvalue weighted by molar-refractivity contribution is 4.80. The van der Waals surface area contributed by atoms with Gasteiger partial charge in [-0.25, -0.2) is 9.78 Å². The zero-order valence-electron chi connectivity index (χ0n) is 20.8. The number of rotatable bonds is 23. The van der Waals surface area contributed by atoms with Crippen molar-refractivity contribution in [2.75, 3.05) is 33.0 Å². The van der Waals surface area contributed by atoms with Crippen molar-refractivity contribution in [2.24, 2.45) is 17.3 Å². The van der Waals surface area contributed by atoms with Gasteiger partial charge in [0.25, 0.3) is 0 Å². The van der Waals surface area contributed by atoms with E-state index in [1.165, 1.54) is 51.4 Å². The van der Waals surface area contributed by atoms with Crippen molar-refractivity contribution in [3.8, 4) is 0 Å². The summed E-state index contributed by atoms with van der Waals surface area (Å²) in [6.07, 6.45) is 12.8. The fourth-order valence-electron chi connectivity index (χ4n) is 3.41. The molecular formula is C25H52O6. The Morgan fingerprint density at radius 2 is 1.00 bits per heavy atom. The molecule has 0 aliphatic rings. The number of hydrogen-bond donors (Lipinski definition) is 3. The second kappa shape index (κ2) is 20.4. The SMILES string of the molecule is CC(C)CCCCCCCOOC(OCCCCCCCC(C)C)C(CO)(CO)CO. The molecule has 0 spiro atoms. The van der Waals surface area contributed by atoms with Crippen molar-refractivity contribution in [3.05, 3.63) is 0 Å². The van der Waals surface area contributed by atoms with Gasteiger partial charge in [-0.3, -0.25) is 0 Å². The zero-order chi connectivity index (χ0) is 23.4. The lowest BCUT2D eigenvalue weighted by Crippen LogP contribution is -2.48. The predicted molar refractivity (Wildman–Crippen MR) is 126 cm³/mol. The first-order chi connectivity index (χ1) is 14.9. The summed E-state index contributed by atoms with van der Waals surface area (Å²) >= 11 is 0. The Labute approximate surface area is 191 Å². The van der Waals surface area contributed by atoms with Gasteiger partial charge in [0.15, 0.2) is 0 Å². The molecule has 0 amide bonds. The van der Waals surface area contributed by atoms with Crippen LogP contribution in [0.2, 0.25) is 0 Å². The summed E-state index contributed by atoms with van der Waals surface area (Å²) in [5.41, 5.74) is -1.28. The first-order valence-electron chi connectivity index (χ1n) is 12.6. The Bertz CT molecular complexity index is 363. The van der Waals surface area contributed by atoms with E-state index in [1.54, 1.807) is 0 Å². The second-order valence-corrected chi connectivity index (χ2v) is 9.86. The van der Waals surface area contributed by atoms with E-state index < -0.39 is 31.5 Å². The number of hydrogen-bond acceptors (Lipinski definition) is 6. The molecule has 0 aromatic rings. The van der Waals surface area contributed by atoms with Crippen molar-refractivity contribution < 1.29 is 29.8 Å². The second-order valence-electron chi connectivity index (χ2n) is 9.86. The van der Waals surface area contributed by atoms with Crippen LogP contribution in [-0.4, -0.2) is 54.6 Å². The minimum Gasteiger partial charge on any atom is -0.395 e. The third-order valence-electron chi connectivity index (χ3n) is 5.80. The summed E-state index contributed by atoms with van der Waals surface area (Å²) in [7, 11) is 0. The summed E-state index contributed by atoms with van der Waals surface area (Å²) in [4.78, 5) is 10.7. The zero-order valence-corrected chi connectivity index (χ0v) is 20.8. The van der Waals surface area contributed by atoms with Gasteiger partial charge < -0.3 is 20.1 Å². The Kier molecular flexibility index (Phi) is 20.2. The van der Waals surface area contributed by atoms with Gasteiger partial charge in [-0.1, -0.05) is 91.9 Å². The lowest BCUT2D eigenvalue weighted by atomic mass is 9.90. The fraction of sp³-hybridized carbons (Fsp3) is 1.00. The van der Waals surface area contributed by atoms with Gasteiger partial charge in [-0.2, -0.15) is 0 Å². The summed E-state index contributed by atoms with van der Waals surface area (Å²) in [5.74, 6) is 1.53. The van der Waals surface area contributed by atoms with Crippen molar-refractivity contribution in [1.82, 2.24) is 0 Å². The molecule has 3 N–H and O–H groups in total. The molecule has 0 fully saturated rings. The van der Waals surface area contributed by atoms with Crippen LogP contribution in [0.5, 0.6) is 0 Å². The van der Waals surface area contributed by atoms with Crippen molar-refractivity contribution >= 4 is 0 Å². The van der Waals surface area contributed by atoms with E-state index in [-0.39, 0.29) is 0 Å². The van der Waals surface area contributed by atoms with Crippen LogP contribution in [-0.2, 0) is 14.5 Å². The molecule has 188 valence electrons. The normalized spacial score (nSPS) is 13.5. The highest BCUT2D eigenvalue weighted by Crippen LogP contribution is 2.25. The van der Waals surface area contributed by atoms with Gasteiger partial charge in [-0.05, 0) is 24.7 Å². The average molecular weight is 449 g/mol. The van der Waals surface area contributed by atoms with Crippen LogP contribution < -0.4 is 0 Å². The molecule has 0 aliphatic carbocycles. The number of unbranched alkanes of at least 4 members (excludes halogenated alkanes) is 8. The molecule has 6 heteroatoms. The van der Waals surface area contributed by atoms with E-state index >= 15 is 0 Å². The fourth-order valence-corrected chi connectivity index (χ4v) is 3.41. The minimum atomic E-state index is -1.28. The Balaban J connectivity index is 4.13. The van der Waals surface area contributed by atoms with Crippen molar-refractivity contribution in [1.29, 1.82) is 0 Å². The molecule has 0 aromatic heterocycles. The summed E-state index contributed by atoms with van der Waals surface area (Å²) in [6, 6.07) is 0. The molecular weight excluding hydrogens is 396 g/mol. The van der Waals surface area contributed by atoms with E-state index in [4.69, 9.17) is 14.5 Å². The smallest absolute Gasteiger partial charge is 0.203 e. The third-order valence-corrected chi connectivity index (χ3v) is 5.80. The largest absolute Gasteiger partial charge is 0.395 e. The molecule has 0 saturated heterocycles. The molecule has 0 aliphatic heterocycles.